The number of para-hydroxylation sites is 1. The minimum Gasteiger partial charge on any atom is -0.496 e. The molecule has 0 aliphatic heterocycles. The van der Waals surface area contributed by atoms with Gasteiger partial charge in [0.2, 0.25) is 0 Å². The van der Waals surface area contributed by atoms with Gasteiger partial charge in [-0.1, -0.05) is 62.4 Å². The molecule has 6 heteroatoms. The van der Waals surface area contributed by atoms with Crippen molar-refractivity contribution in [3.63, 3.8) is 0 Å². The molecule has 2 aromatic heterocycles. The number of hydrogen-bond acceptors (Lipinski definition) is 5. The second-order valence-corrected chi connectivity index (χ2v) is 8.55. The predicted molar refractivity (Wildman–Crippen MR) is 133 cm³/mol. The first-order valence-corrected chi connectivity index (χ1v) is 11.9. The number of ether oxygens (including phenoxy) is 1. The molecular formula is C26H29N3O2S. The average molecular weight is 448 g/mol. The second-order valence-electron chi connectivity index (χ2n) is 7.70. The van der Waals surface area contributed by atoms with Crippen molar-refractivity contribution in [2.75, 3.05) is 26.7 Å². The van der Waals surface area contributed by atoms with Crippen LogP contribution in [0.5, 0.6) is 5.75 Å². The summed E-state index contributed by atoms with van der Waals surface area (Å²) in [5, 5.41) is 2.76. The van der Waals surface area contributed by atoms with E-state index in [1.165, 1.54) is 11.3 Å². The van der Waals surface area contributed by atoms with E-state index in [4.69, 9.17) is 9.72 Å². The third-order valence-electron chi connectivity index (χ3n) is 5.93. The minimum atomic E-state index is 0.0344. The fourth-order valence-corrected chi connectivity index (χ4v) is 5.02. The van der Waals surface area contributed by atoms with Crippen LogP contribution >= 0.6 is 11.3 Å². The third-order valence-corrected chi connectivity index (χ3v) is 6.81. The first-order chi connectivity index (χ1) is 15.7. The van der Waals surface area contributed by atoms with Crippen molar-refractivity contribution in [3.05, 3.63) is 81.7 Å². The van der Waals surface area contributed by atoms with Gasteiger partial charge in [0.25, 0.3) is 5.56 Å². The van der Waals surface area contributed by atoms with E-state index in [1.54, 1.807) is 7.11 Å². The summed E-state index contributed by atoms with van der Waals surface area (Å²) in [4.78, 5) is 21.9. The van der Waals surface area contributed by atoms with Crippen LogP contribution in [-0.4, -0.2) is 41.2 Å². The van der Waals surface area contributed by atoms with Crippen LogP contribution < -0.4 is 10.3 Å². The summed E-state index contributed by atoms with van der Waals surface area (Å²) in [7, 11) is 1.67. The Bertz CT molecular complexity index is 1240. The number of benzene rings is 2. The molecule has 0 unspecified atom stereocenters. The second kappa shape index (κ2) is 10.1. The molecule has 5 nitrogen and oxygen atoms in total. The van der Waals surface area contributed by atoms with E-state index in [2.05, 4.69) is 24.1 Å². The molecule has 0 aliphatic carbocycles. The molecule has 2 heterocycles. The highest BCUT2D eigenvalue weighted by atomic mass is 32.1. The maximum Gasteiger partial charge on any atom is 0.262 e. The summed E-state index contributed by atoms with van der Waals surface area (Å²) in [5.74, 6) is 1.59. The van der Waals surface area contributed by atoms with Gasteiger partial charge in [-0.05, 0) is 24.7 Å². The van der Waals surface area contributed by atoms with Crippen LogP contribution in [0, 0.1) is 0 Å². The summed E-state index contributed by atoms with van der Waals surface area (Å²) < 4.78 is 7.42. The van der Waals surface area contributed by atoms with Crippen molar-refractivity contribution in [3.8, 4) is 16.9 Å². The van der Waals surface area contributed by atoms with Gasteiger partial charge in [-0.2, -0.15) is 0 Å². The molecule has 0 fully saturated rings. The minimum absolute atomic E-state index is 0.0344. The lowest BCUT2D eigenvalue weighted by Crippen LogP contribution is -2.33. The zero-order valence-electron chi connectivity index (χ0n) is 18.9. The molecule has 0 radical (unpaired) electrons. The van der Waals surface area contributed by atoms with Gasteiger partial charge in [-0.3, -0.25) is 9.36 Å². The molecule has 4 aromatic rings. The SMILES string of the molecule is CCN(CC)CCn1c(Cc2ccccc2OC)nc2scc(-c3ccccc3)c2c1=O. The number of rotatable bonds is 9. The summed E-state index contributed by atoms with van der Waals surface area (Å²) in [6.07, 6.45) is 0.548. The third kappa shape index (κ3) is 4.47. The molecule has 0 aliphatic rings. The van der Waals surface area contributed by atoms with E-state index < -0.39 is 0 Å². The monoisotopic (exact) mass is 447 g/mol. The molecule has 32 heavy (non-hydrogen) atoms. The van der Waals surface area contributed by atoms with Gasteiger partial charge >= 0.3 is 0 Å². The number of aromatic nitrogens is 2. The molecule has 0 saturated heterocycles. The molecule has 0 saturated carbocycles. The molecule has 0 N–H and O–H groups in total. The molecular weight excluding hydrogens is 418 g/mol. The lowest BCUT2D eigenvalue weighted by molar-refractivity contribution is 0.287. The van der Waals surface area contributed by atoms with Gasteiger partial charge < -0.3 is 9.64 Å². The zero-order chi connectivity index (χ0) is 22.5. The van der Waals surface area contributed by atoms with Crippen molar-refractivity contribution >= 4 is 21.6 Å². The van der Waals surface area contributed by atoms with Gasteiger partial charge in [0.15, 0.2) is 0 Å². The fourth-order valence-electron chi connectivity index (χ4n) is 4.06. The Morgan fingerprint density at radius 2 is 1.75 bits per heavy atom. The molecule has 0 amide bonds. The van der Waals surface area contributed by atoms with Gasteiger partial charge in [0.05, 0.1) is 12.5 Å². The highest BCUT2D eigenvalue weighted by Crippen LogP contribution is 2.31. The first kappa shape index (κ1) is 22.2. The van der Waals surface area contributed by atoms with Crippen LogP contribution in [0.3, 0.4) is 0 Å². The number of hydrogen-bond donors (Lipinski definition) is 0. The van der Waals surface area contributed by atoms with Crippen molar-refractivity contribution in [2.45, 2.75) is 26.8 Å². The number of nitrogens with zero attached hydrogens (tertiary/aromatic N) is 3. The standard InChI is InChI=1S/C26H29N3O2S/c1-4-28(5-2)15-16-29-23(17-20-13-9-10-14-22(20)31-3)27-25-24(26(29)30)21(18-32-25)19-11-7-6-8-12-19/h6-14,18H,4-5,15-17H2,1-3H3. The van der Waals surface area contributed by atoms with E-state index in [-0.39, 0.29) is 5.56 Å². The van der Waals surface area contributed by atoms with Crippen molar-refractivity contribution in [2.24, 2.45) is 0 Å². The molecule has 0 bridgehead atoms. The van der Waals surface area contributed by atoms with Gasteiger partial charge in [-0.25, -0.2) is 4.98 Å². The van der Waals surface area contributed by atoms with Crippen LogP contribution in [0.2, 0.25) is 0 Å². The van der Waals surface area contributed by atoms with Crippen LogP contribution in [0.15, 0.2) is 64.8 Å². The van der Waals surface area contributed by atoms with E-state index in [1.807, 2.05) is 59.2 Å². The zero-order valence-corrected chi connectivity index (χ0v) is 19.7. The molecule has 0 spiro atoms. The summed E-state index contributed by atoms with van der Waals surface area (Å²) >= 11 is 1.53. The van der Waals surface area contributed by atoms with Gasteiger partial charge in [0.1, 0.15) is 16.4 Å². The van der Waals surface area contributed by atoms with Crippen molar-refractivity contribution in [1.82, 2.24) is 14.5 Å². The summed E-state index contributed by atoms with van der Waals surface area (Å²) in [5.41, 5.74) is 3.07. The Balaban J connectivity index is 1.84. The van der Waals surface area contributed by atoms with Crippen LogP contribution in [0.1, 0.15) is 25.2 Å². The van der Waals surface area contributed by atoms with Gasteiger partial charge in [0, 0.05) is 36.0 Å². The smallest absolute Gasteiger partial charge is 0.262 e. The van der Waals surface area contributed by atoms with E-state index >= 15 is 0 Å². The fraction of sp³-hybridized carbons (Fsp3) is 0.308. The topological polar surface area (TPSA) is 47.4 Å². The maximum absolute atomic E-state index is 13.8. The Morgan fingerprint density at radius 1 is 1.03 bits per heavy atom. The highest BCUT2D eigenvalue weighted by Gasteiger charge is 2.18. The normalized spacial score (nSPS) is 11.4. The van der Waals surface area contributed by atoms with Gasteiger partial charge in [-0.15, -0.1) is 11.3 Å². The number of likely N-dealkylation sites (N-methyl/N-ethyl adjacent to an activating group) is 1. The van der Waals surface area contributed by atoms with E-state index in [0.29, 0.717) is 18.4 Å². The largest absolute Gasteiger partial charge is 0.496 e. The quantitative estimate of drug-likeness (QED) is 0.360. The number of thiophene rings is 1. The average Bonchev–Trinajstić information content (AvgIpc) is 3.26. The number of fused-ring (bicyclic) bond motifs is 1. The van der Waals surface area contributed by atoms with Crippen LogP contribution in [-0.2, 0) is 13.0 Å². The van der Waals surface area contributed by atoms with Crippen molar-refractivity contribution in [1.29, 1.82) is 0 Å². The first-order valence-electron chi connectivity index (χ1n) is 11.1. The Hall–Kier alpha value is -2.96. The summed E-state index contributed by atoms with van der Waals surface area (Å²) in [6, 6.07) is 18.0. The molecule has 166 valence electrons. The summed E-state index contributed by atoms with van der Waals surface area (Å²) in [6.45, 7) is 7.63. The maximum atomic E-state index is 13.8. The Morgan fingerprint density at radius 3 is 2.47 bits per heavy atom. The Kier molecular flexibility index (Phi) is 7.02. The lowest BCUT2D eigenvalue weighted by atomic mass is 10.1. The number of methoxy groups -OCH3 is 1. The molecule has 2 aromatic carbocycles. The molecule has 0 atom stereocenters. The van der Waals surface area contributed by atoms with Crippen LogP contribution in [0.4, 0.5) is 0 Å². The van der Waals surface area contributed by atoms with Crippen molar-refractivity contribution < 1.29 is 4.74 Å². The van der Waals surface area contributed by atoms with E-state index in [0.717, 1.165) is 52.7 Å². The lowest BCUT2D eigenvalue weighted by Gasteiger charge is -2.20. The van der Waals surface area contributed by atoms with Crippen LogP contribution in [0.25, 0.3) is 21.3 Å². The predicted octanol–water partition coefficient (Wildman–Crippen LogP) is 5.07. The van der Waals surface area contributed by atoms with E-state index in [9.17, 15) is 4.79 Å². The molecule has 4 rings (SSSR count). The highest BCUT2D eigenvalue weighted by molar-refractivity contribution is 7.17. The Labute approximate surface area is 192 Å².